The van der Waals surface area contributed by atoms with E-state index in [2.05, 4.69) is 50.4 Å². The van der Waals surface area contributed by atoms with E-state index in [-0.39, 0.29) is 12.2 Å². The predicted octanol–water partition coefficient (Wildman–Crippen LogP) is 8.73. The molecule has 36 heavy (non-hydrogen) atoms. The Labute approximate surface area is 223 Å². The molecule has 0 spiro atoms. The first-order valence-corrected chi connectivity index (χ1v) is 14.4. The van der Waals surface area contributed by atoms with Gasteiger partial charge in [-0.1, -0.05) is 75.6 Å². The van der Waals surface area contributed by atoms with Gasteiger partial charge in [0.25, 0.3) is 0 Å². The molecular weight excluding hydrogens is 470 g/mol. The van der Waals surface area contributed by atoms with Crippen LogP contribution in [0.4, 0.5) is 5.69 Å². The number of anilines is 1. The van der Waals surface area contributed by atoms with E-state index in [0.717, 1.165) is 59.6 Å². The van der Waals surface area contributed by atoms with Gasteiger partial charge in [0.05, 0.1) is 0 Å². The fourth-order valence-corrected chi connectivity index (χ4v) is 5.77. The third-order valence-electron chi connectivity index (χ3n) is 7.63. The van der Waals surface area contributed by atoms with Gasteiger partial charge in [-0.2, -0.15) is 0 Å². The number of unbranched alkanes of at least 4 members (excludes halogenated alkanes) is 2. The van der Waals surface area contributed by atoms with Gasteiger partial charge in [0.2, 0.25) is 0 Å². The Kier molecular flexibility index (Phi) is 9.98. The zero-order valence-electron chi connectivity index (χ0n) is 22.4. The fraction of sp³-hybridized carbons (Fsp3) is 0.613. The zero-order valence-corrected chi connectivity index (χ0v) is 23.1. The van der Waals surface area contributed by atoms with Gasteiger partial charge >= 0.3 is 0 Å². The smallest absolute Gasteiger partial charge is 0.132 e. The lowest BCUT2D eigenvalue weighted by molar-refractivity contribution is -0.163. The van der Waals surface area contributed by atoms with Crippen molar-refractivity contribution in [3.63, 3.8) is 0 Å². The summed E-state index contributed by atoms with van der Waals surface area (Å²) < 4.78 is 19.7. The van der Waals surface area contributed by atoms with Crippen LogP contribution in [-0.2, 0) is 16.0 Å². The summed E-state index contributed by atoms with van der Waals surface area (Å²) in [6.45, 7) is 8.68. The first kappa shape index (κ1) is 27.3. The standard InChI is InChI=1S/C31H44ClNO3/c1-4-5-9-18-35-30-29(34-19-17-23-11-7-6-8-12-23)27-21-26(15-16-28(27)36-31(30,2)3)33-22-24-13-10-14-25(32)20-24/h10,13-16,20-21,23,29-30,33H,4-9,11-12,17-19,22H2,1-3H3. The number of nitrogens with one attached hydrogen (secondary N) is 1. The molecule has 2 unspecified atom stereocenters. The van der Waals surface area contributed by atoms with Gasteiger partial charge in [-0.05, 0) is 68.5 Å². The molecule has 0 saturated heterocycles. The van der Waals surface area contributed by atoms with Crippen LogP contribution in [0.3, 0.4) is 0 Å². The molecule has 1 fully saturated rings. The van der Waals surface area contributed by atoms with Crippen LogP contribution in [0, 0.1) is 5.92 Å². The highest BCUT2D eigenvalue weighted by Crippen LogP contribution is 2.44. The van der Waals surface area contributed by atoms with Gasteiger partial charge < -0.3 is 19.5 Å². The minimum atomic E-state index is -0.468. The lowest BCUT2D eigenvalue weighted by atomic mass is 9.86. The van der Waals surface area contributed by atoms with E-state index in [1.54, 1.807) is 0 Å². The summed E-state index contributed by atoms with van der Waals surface area (Å²) >= 11 is 6.17. The first-order valence-electron chi connectivity index (χ1n) is 14.0. The van der Waals surface area contributed by atoms with Crippen LogP contribution >= 0.6 is 11.6 Å². The van der Waals surface area contributed by atoms with Crippen LogP contribution in [0.25, 0.3) is 0 Å². The van der Waals surface area contributed by atoms with Crippen molar-refractivity contribution < 1.29 is 14.2 Å². The molecule has 1 aliphatic carbocycles. The topological polar surface area (TPSA) is 39.7 Å². The van der Waals surface area contributed by atoms with Crippen molar-refractivity contribution in [2.24, 2.45) is 5.92 Å². The monoisotopic (exact) mass is 513 g/mol. The van der Waals surface area contributed by atoms with Crippen LogP contribution in [0.15, 0.2) is 42.5 Å². The molecule has 1 saturated carbocycles. The van der Waals surface area contributed by atoms with Gasteiger partial charge in [0, 0.05) is 36.0 Å². The Morgan fingerprint density at radius 1 is 1.00 bits per heavy atom. The maximum absolute atomic E-state index is 6.70. The summed E-state index contributed by atoms with van der Waals surface area (Å²) in [4.78, 5) is 0. The number of hydrogen-bond donors (Lipinski definition) is 1. The Balaban J connectivity index is 1.51. The van der Waals surface area contributed by atoms with Crippen LogP contribution < -0.4 is 10.1 Å². The lowest BCUT2D eigenvalue weighted by Crippen LogP contribution is -2.51. The average Bonchev–Trinajstić information content (AvgIpc) is 2.87. The number of benzene rings is 2. The van der Waals surface area contributed by atoms with E-state index in [4.69, 9.17) is 25.8 Å². The van der Waals surface area contributed by atoms with Crippen molar-refractivity contribution in [1.82, 2.24) is 0 Å². The highest BCUT2D eigenvalue weighted by Gasteiger charge is 2.45. The van der Waals surface area contributed by atoms with Gasteiger partial charge in [0.1, 0.15) is 23.6 Å². The molecule has 4 rings (SSSR count). The van der Waals surface area contributed by atoms with Gasteiger partial charge in [-0.15, -0.1) is 0 Å². The maximum atomic E-state index is 6.70. The van der Waals surface area contributed by atoms with E-state index in [1.165, 1.54) is 44.9 Å². The Hall–Kier alpha value is -1.75. The molecule has 0 bridgehead atoms. The summed E-state index contributed by atoms with van der Waals surface area (Å²) in [7, 11) is 0. The van der Waals surface area contributed by atoms with E-state index >= 15 is 0 Å². The summed E-state index contributed by atoms with van der Waals surface area (Å²) in [5.41, 5.74) is 2.80. The van der Waals surface area contributed by atoms with Crippen molar-refractivity contribution >= 4 is 17.3 Å². The minimum Gasteiger partial charge on any atom is -0.485 e. The number of ether oxygens (including phenoxy) is 3. The van der Waals surface area contributed by atoms with Crippen molar-refractivity contribution in [3.05, 3.63) is 58.6 Å². The summed E-state index contributed by atoms with van der Waals surface area (Å²) in [6, 6.07) is 14.3. The summed E-state index contributed by atoms with van der Waals surface area (Å²) in [5, 5.41) is 4.31. The Bertz CT molecular complexity index is 957. The van der Waals surface area contributed by atoms with E-state index in [9.17, 15) is 0 Å². The number of hydrogen-bond acceptors (Lipinski definition) is 4. The molecule has 1 N–H and O–H groups in total. The number of fused-ring (bicyclic) bond motifs is 1. The molecule has 0 amide bonds. The molecule has 4 nitrogen and oxygen atoms in total. The first-order chi connectivity index (χ1) is 17.5. The minimum absolute atomic E-state index is 0.151. The van der Waals surface area contributed by atoms with Crippen LogP contribution in [0.2, 0.25) is 5.02 Å². The van der Waals surface area contributed by atoms with Crippen molar-refractivity contribution in [2.75, 3.05) is 18.5 Å². The van der Waals surface area contributed by atoms with Crippen LogP contribution in [-0.4, -0.2) is 24.9 Å². The predicted molar refractivity (Wildman–Crippen MR) is 149 cm³/mol. The second-order valence-electron chi connectivity index (χ2n) is 11.0. The number of rotatable bonds is 12. The van der Waals surface area contributed by atoms with Crippen molar-refractivity contribution in [1.29, 1.82) is 0 Å². The Morgan fingerprint density at radius 2 is 1.83 bits per heavy atom. The molecule has 1 aliphatic heterocycles. The molecule has 2 aromatic carbocycles. The SMILES string of the molecule is CCCCCOC1C(OCCC2CCCCC2)c2cc(NCc3cccc(Cl)c3)ccc2OC1(C)C. The molecule has 0 radical (unpaired) electrons. The van der Waals surface area contributed by atoms with Crippen molar-refractivity contribution in [3.8, 4) is 5.75 Å². The quantitative estimate of drug-likeness (QED) is 0.288. The molecule has 2 aliphatic rings. The second-order valence-corrected chi connectivity index (χ2v) is 11.5. The third kappa shape index (κ3) is 7.40. The van der Waals surface area contributed by atoms with Crippen LogP contribution in [0.1, 0.15) is 95.8 Å². The van der Waals surface area contributed by atoms with E-state index < -0.39 is 5.60 Å². The van der Waals surface area contributed by atoms with Gasteiger partial charge in [-0.25, -0.2) is 0 Å². The lowest BCUT2D eigenvalue weighted by Gasteiger charge is -2.44. The average molecular weight is 514 g/mol. The highest BCUT2D eigenvalue weighted by atomic mass is 35.5. The molecule has 2 atom stereocenters. The highest BCUT2D eigenvalue weighted by molar-refractivity contribution is 6.30. The molecule has 198 valence electrons. The second kappa shape index (κ2) is 13.2. The maximum Gasteiger partial charge on any atom is 0.132 e. The Morgan fingerprint density at radius 3 is 2.61 bits per heavy atom. The molecule has 1 heterocycles. The molecule has 2 aromatic rings. The van der Waals surface area contributed by atoms with E-state index in [0.29, 0.717) is 6.54 Å². The molecular formula is C31H44ClNO3. The van der Waals surface area contributed by atoms with Crippen LogP contribution in [0.5, 0.6) is 5.75 Å². The summed E-state index contributed by atoms with van der Waals surface area (Å²) in [5.74, 6) is 1.69. The largest absolute Gasteiger partial charge is 0.485 e. The van der Waals surface area contributed by atoms with Gasteiger partial charge in [-0.3, -0.25) is 0 Å². The molecule has 5 heteroatoms. The van der Waals surface area contributed by atoms with Gasteiger partial charge in [0.15, 0.2) is 0 Å². The summed E-state index contributed by atoms with van der Waals surface area (Å²) in [6.07, 6.45) is 11.0. The van der Waals surface area contributed by atoms with E-state index in [1.807, 2.05) is 18.2 Å². The normalized spacial score (nSPS) is 21.6. The van der Waals surface area contributed by atoms with Crippen molar-refractivity contribution in [2.45, 2.75) is 103 Å². The third-order valence-corrected chi connectivity index (χ3v) is 7.86. The number of halogens is 1. The fourth-order valence-electron chi connectivity index (χ4n) is 5.56. The molecule has 0 aromatic heterocycles. The zero-order chi connectivity index (χ0) is 25.4.